The summed E-state index contributed by atoms with van der Waals surface area (Å²) in [5.74, 6) is 0.182. The van der Waals surface area contributed by atoms with Crippen LogP contribution in [0.3, 0.4) is 0 Å². The number of hydrogen-bond donors (Lipinski definition) is 0. The van der Waals surface area contributed by atoms with Crippen molar-refractivity contribution in [3.63, 3.8) is 0 Å². The summed E-state index contributed by atoms with van der Waals surface area (Å²) >= 11 is 3.41. The number of carbonyl (C=O) groups is 1. The van der Waals surface area contributed by atoms with E-state index in [0.717, 1.165) is 48.9 Å². The molecule has 1 aliphatic carbocycles. The molecule has 3 nitrogen and oxygen atoms in total. The van der Waals surface area contributed by atoms with Gasteiger partial charge in [-0.2, -0.15) is 0 Å². The van der Waals surface area contributed by atoms with Gasteiger partial charge in [-0.1, -0.05) is 15.9 Å². The third kappa shape index (κ3) is 3.00. The second kappa shape index (κ2) is 5.63. The molecular formula is C15H18BrNO2. The number of rotatable bonds is 3. The van der Waals surface area contributed by atoms with Crippen LogP contribution in [0.1, 0.15) is 36.0 Å². The quantitative estimate of drug-likeness (QED) is 0.854. The fraction of sp³-hybridized carbons (Fsp3) is 0.533. The Labute approximate surface area is 122 Å². The molecule has 3 rings (SSSR count). The molecule has 0 spiro atoms. The highest BCUT2D eigenvalue weighted by Gasteiger charge is 2.38. The van der Waals surface area contributed by atoms with Crippen LogP contribution in [0.5, 0.6) is 0 Å². The molecule has 102 valence electrons. The van der Waals surface area contributed by atoms with Crippen molar-refractivity contribution in [2.24, 2.45) is 0 Å². The summed E-state index contributed by atoms with van der Waals surface area (Å²) in [7, 11) is 0. The van der Waals surface area contributed by atoms with Gasteiger partial charge in [-0.05, 0) is 49.9 Å². The zero-order valence-corrected chi connectivity index (χ0v) is 12.4. The van der Waals surface area contributed by atoms with E-state index in [2.05, 4.69) is 20.8 Å². The molecule has 2 fully saturated rings. The summed E-state index contributed by atoms with van der Waals surface area (Å²) in [6, 6.07) is 8.49. The SMILES string of the molecule is O=C(c1ccc(Br)cc1)N(C1CCOCC1)C1CC1. The number of nitrogens with zero attached hydrogens (tertiary/aromatic N) is 1. The lowest BCUT2D eigenvalue weighted by molar-refractivity contribution is 0.0267. The van der Waals surface area contributed by atoms with Crippen molar-refractivity contribution in [1.29, 1.82) is 0 Å². The molecule has 1 aromatic rings. The van der Waals surface area contributed by atoms with E-state index >= 15 is 0 Å². The Kier molecular flexibility index (Phi) is 3.89. The molecule has 19 heavy (non-hydrogen) atoms. The van der Waals surface area contributed by atoms with Crippen molar-refractivity contribution in [2.75, 3.05) is 13.2 Å². The number of ether oxygens (including phenoxy) is 1. The van der Waals surface area contributed by atoms with Crippen molar-refractivity contribution in [3.05, 3.63) is 34.3 Å². The molecule has 1 saturated carbocycles. The molecule has 1 heterocycles. The molecule has 0 bridgehead atoms. The summed E-state index contributed by atoms with van der Waals surface area (Å²) < 4.78 is 6.41. The molecule has 4 heteroatoms. The normalized spacial score (nSPS) is 20.3. The van der Waals surface area contributed by atoms with Crippen LogP contribution < -0.4 is 0 Å². The van der Waals surface area contributed by atoms with Gasteiger partial charge in [0.05, 0.1) is 0 Å². The van der Waals surface area contributed by atoms with E-state index in [1.807, 2.05) is 24.3 Å². The average molecular weight is 324 g/mol. The van der Waals surface area contributed by atoms with E-state index in [1.165, 1.54) is 0 Å². The van der Waals surface area contributed by atoms with Gasteiger partial charge in [-0.15, -0.1) is 0 Å². The van der Waals surface area contributed by atoms with Crippen molar-refractivity contribution in [1.82, 2.24) is 4.90 Å². The summed E-state index contributed by atoms with van der Waals surface area (Å²) in [6.07, 6.45) is 4.25. The van der Waals surface area contributed by atoms with Crippen molar-refractivity contribution < 1.29 is 9.53 Å². The van der Waals surface area contributed by atoms with Crippen LogP contribution >= 0.6 is 15.9 Å². The highest BCUT2D eigenvalue weighted by molar-refractivity contribution is 9.10. The van der Waals surface area contributed by atoms with Crippen LogP contribution in [-0.2, 0) is 4.74 Å². The lowest BCUT2D eigenvalue weighted by atomic mass is 10.0. The maximum atomic E-state index is 12.7. The van der Waals surface area contributed by atoms with Crippen molar-refractivity contribution in [2.45, 2.75) is 37.8 Å². The first-order valence-electron chi connectivity index (χ1n) is 6.91. The molecule has 0 aromatic heterocycles. The molecule has 1 aliphatic heterocycles. The van der Waals surface area contributed by atoms with Gasteiger partial charge < -0.3 is 9.64 Å². The Bertz CT molecular complexity index is 450. The van der Waals surface area contributed by atoms with Gasteiger partial charge in [-0.3, -0.25) is 4.79 Å². The van der Waals surface area contributed by atoms with Crippen LogP contribution in [0.25, 0.3) is 0 Å². The standard InChI is InChI=1S/C15H18BrNO2/c16-12-3-1-11(2-4-12)15(18)17(13-5-6-13)14-7-9-19-10-8-14/h1-4,13-14H,5-10H2. The summed E-state index contributed by atoms with van der Waals surface area (Å²) in [6.45, 7) is 1.56. The molecule has 1 aromatic carbocycles. The maximum absolute atomic E-state index is 12.7. The van der Waals surface area contributed by atoms with Crippen molar-refractivity contribution >= 4 is 21.8 Å². The minimum atomic E-state index is 0.182. The first kappa shape index (κ1) is 13.1. The summed E-state index contributed by atoms with van der Waals surface area (Å²) in [5.41, 5.74) is 0.793. The lowest BCUT2D eigenvalue weighted by Crippen LogP contribution is -2.44. The Hall–Kier alpha value is -0.870. The largest absolute Gasteiger partial charge is 0.381 e. The van der Waals surface area contributed by atoms with E-state index in [9.17, 15) is 4.79 Å². The van der Waals surface area contributed by atoms with E-state index in [-0.39, 0.29) is 5.91 Å². The van der Waals surface area contributed by atoms with Gasteiger partial charge in [0.1, 0.15) is 0 Å². The van der Waals surface area contributed by atoms with Gasteiger partial charge in [0.25, 0.3) is 5.91 Å². The Morgan fingerprint density at radius 3 is 2.21 bits per heavy atom. The third-order valence-electron chi connectivity index (χ3n) is 3.85. The Balaban J connectivity index is 1.79. The number of halogens is 1. The lowest BCUT2D eigenvalue weighted by Gasteiger charge is -2.34. The Morgan fingerprint density at radius 1 is 1.05 bits per heavy atom. The highest BCUT2D eigenvalue weighted by atomic mass is 79.9. The highest BCUT2D eigenvalue weighted by Crippen LogP contribution is 2.33. The molecular weight excluding hydrogens is 306 g/mol. The average Bonchev–Trinajstić information content (AvgIpc) is 3.25. The molecule has 1 amide bonds. The number of hydrogen-bond acceptors (Lipinski definition) is 2. The molecule has 1 saturated heterocycles. The van der Waals surface area contributed by atoms with Gasteiger partial charge in [0.2, 0.25) is 0 Å². The molecule has 0 unspecified atom stereocenters. The van der Waals surface area contributed by atoms with E-state index in [4.69, 9.17) is 4.74 Å². The van der Waals surface area contributed by atoms with Crippen LogP contribution in [-0.4, -0.2) is 36.1 Å². The smallest absolute Gasteiger partial charge is 0.254 e. The van der Waals surface area contributed by atoms with Gasteiger partial charge >= 0.3 is 0 Å². The van der Waals surface area contributed by atoms with Crippen LogP contribution in [0.2, 0.25) is 0 Å². The van der Waals surface area contributed by atoms with Crippen LogP contribution in [0.15, 0.2) is 28.7 Å². The summed E-state index contributed by atoms with van der Waals surface area (Å²) in [4.78, 5) is 14.8. The first-order valence-corrected chi connectivity index (χ1v) is 7.71. The predicted octanol–water partition coefficient (Wildman–Crippen LogP) is 3.23. The second-order valence-corrected chi connectivity index (χ2v) is 6.21. The minimum absolute atomic E-state index is 0.182. The third-order valence-corrected chi connectivity index (χ3v) is 4.38. The molecule has 0 N–H and O–H groups in total. The number of amides is 1. The number of carbonyl (C=O) groups excluding carboxylic acids is 1. The fourth-order valence-corrected chi connectivity index (χ4v) is 2.95. The van der Waals surface area contributed by atoms with E-state index in [0.29, 0.717) is 12.1 Å². The zero-order valence-electron chi connectivity index (χ0n) is 10.8. The fourth-order valence-electron chi connectivity index (χ4n) is 2.69. The van der Waals surface area contributed by atoms with Gasteiger partial charge in [0, 0.05) is 35.3 Å². The van der Waals surface area contributed by atoms with Gasteiger partial charge in [0.15, 0.2) is 0 Å². The van der Waals surface area contributed by atoms with E-state index in [1.54, 1.807) is 0 Å². The molecule has 2 aliphatic rings. The maximum Gasteiger partial charge on any atom is 0.254 e. The zero-order chi connectivity index (χ0) is 13.2. The van der Waals surface area contributed by atoms with Crippen molar-refractivity contribution in [3.8, 4) is 0 Å². The predicted molar refractivity (Wildman–Crippen MR) is 77.2 cm³/mol. The molecule has 0 atom stereocenters. The Morgan fingerprint density at radius 2 is 1.63 bits per heavy atom. The van der Waals surface area contributed by atoms with E-state index < -0.39 is 0 Å². The molecule has 0 radical (unpaired) electrons. The monoisotopic (exact) mass is 323 g/mol. The van der Waals surface area contributed by atoms with Crippen LogP contribution in [0.4, 0.5) is 0 Å². The second-order valence-electron chi connectivity index (χ2n) is 5.29. The minimum Gasteiger partial charge on any atom is -0.381 e. The topological polar surface area (TPSA) is 29.5 Å². The first-order chi connectivity index (χ1) is 9.25. The summed E-state index contributed by atoms with van der Waals surface area (Å²) in [5, 5.41) is 0. The number of benzene rings is 1. The van der Waals surface area contributed by atoms with Gasteiger partial charge in [-0.25, -0.2) is 0 Å². The van der Waals surface area contributed by atoms with Crippen LogP contribution in [0, 0.1) is 0 Å².